The van der Waals surface area contributed by atoms with Crippen molar-refractivity contribution in [2.75, 3.05) is 11.4 Å². The summed E-state index contributed by atoms with van der Waals surface area (Å²) in [5.41, 5.74) is 0. The number of carbonyl (C=O) groups is 1. The van der Waals surface area contributed by atoms with Crippen molar-refractivity contribution >= 4 is 22.6 Å². The lowest BCUT2D eigenvalue weighted by molar-refractivity contribution is -0.139. The third-order valence-corrected chi connectivity index (χ3v) is 3.92. The van der Waals surface area contributed by atoms with Crippen molar-refractivity contribution in [1.82, 2.24) is 18.9 Å². The Balaban J connectivity index is 1.87. The van der Waals surface area contributed by atoms with E-state index in [9.17, 15) is 9.90 Å². The normalized spacial score (nSPS) is 19.6. The summed E-state index contributed by atoms with van der Waals surface area (Å²) in [5.74, 6) is -0.258. The Morgan fingerprint density at radius 2 is 2.37 bits per heavy atom. The van der Waals surface area contributed by atoms with Gasteiger partial charge in [0.25, 0.3) is 0 Å². The Morgan fingerprint density at radius 1 is 1.47 bits per heavy atom. The van der Waals surface area contributed by atoms with Gasteiger partial charge >= 0.3 is 5.97 Å². The van der Waals surface area contributed by atoms with Gasteiger partial charge in [0, 0.05) is 30.5 Å². The molecule has 1 unspecified atom stereocenters. The van der Waals surface area contributed by atoms with Crippen LogP contribution in [-0.2, 0) is 4.79 Å². The molecule has 100 valence electrons. The van der Waals surface area contributed by atoms with Gasteiger partial charge in [-0.25, -0.2) is 9.78 Å². The van der Waals surface area contributed by atoms with Crippen LogP contribution < -0.4 is 4.90 Å². The third-order valence-electron chi connectivity index (χ3n) is 3.17. The van der Waals surface area contributed by atoms with E-state index in [0.29, 0.717) is 17.5 Å². The lowest BCUT2D eigenvalue weighted by atomic mass is 10.0. The molecule has 0 bridgehead atoms. The van der Waals surface area contributed by atoms with Crippen LogP contribution in [-0.4, -0.2) is 42.6 Å². The van der Waals surface area contributed by atoms with E-state index in [4.69, 9.17) is 0 Å². The summed E-state index contributed by atoms with van der Waals surface area (Å²) in [7, 11) is 0. The molecule has 2 aromatic heterocycles. The molecule has 0 aliphatic carbocycles. The molecule has 1 atom stereocenters. The minimum absolute atomic E-state index is 0.489. The lowest BCUT2D eigenvalue weighted by Crippen LogP contribution is -2.44. The van der Waals surface area contributed by atoms with Crippen LogP contribution in [0.15, 0.2) is 18.7 Å². The first-order valence-electron chi connectivity index (χ1n) is 6.07. The van der Waals surface area contributed by atoms with E-state index < -0.39 is 12.0 Å². The number of imidazole rings is 1. The highest BCUT2D eigenvalue weighted by Crippen LogP contribution is 2.27. The lowest BCUT2D eigenvalue weighted by Gasteiger charge is -2.32. The number of carboxylic acid groups (broad SMARTS) is 1. The van der Waals surface area contributed by atoms with Crippen molar-refractivity contribution < 1.29 is 9.90 Å². The average Bonchev–Trinajstić information content (AvgIpc) is 3.09. The number of piperidine rings is 1. The van der Waals surface area contributed by atoms with Crippen molar-refractivity contribution in [2.45, 2.75) is 25.3 Å². The van der Waals surface area contributed by atoms with Gasteiger partial charge in [0.05, 0.1) is 0 Å². The molecule has 1 aliphatic heterocycles. The highest BCUT2D eigenvalue weighted by Gasteiger charge is 2.30. The van der Waals surface area contributed by atoms with E-state index >= 15 is 0 Å². The van der Waals surface area contributed by atoms with E-state index in [1.165, 1.54) is 11.5 Å². The van der Waals surface area contributed by atoms with Crippen LogP contribution in [0.25, 0.3) is 5.95 Å². The van der Waals surface area contributed by atoms with Crippen LogP contribution in [0.5, 0.6) is 0 Å². The van der Waals surface area contributed by atoms with Crippen molar-refractivity contribution in [1.29, 1.82) is 0 Å². The van der Waals surface area contributed by atoms with Crippen molar-refractivity contribution in [3.05, 3.63) is 18.7 Å². The maximum atomic E-state index is 11.3. The van der Waals surface area contributed by atoms with Crippen molar-refractivity contribution in [3.63, 3.8) is 0 Å². The monoisotopic (exact) mass is 279 g/mol. The molecule has 7 nitrogen and oxygen atoms in total. The van der Waals surface area contributed by atoms with Crippen LogP contribution in [0.3, 0.4) is 0 Å². The number of nitrogens with zero attached hydrogens (tertiary/aromatic N) is 5. The number of anilines is 1. The minimum atomic E-state index is -0.793. The number of carboxylic acids is 1. The van der Waals surface area contributed by atoms with E-state index in [0.717, 1.165) is 19.4 Å². The largest absolute Gasteiger partial charge is 0.480 e. The zero-order chi connectivity index (χ0) is 13.2. The Kier molecular flexibility index (Phi) is 3.16. The number of aliphatic carboxylic acids is 1. The van der Waals surface area contributed by atoms with Crippen LogP contribution in [0.4, 0.5) is 5.13 Å². The molecule has 0 radical (unpaired) electrons. The summed E-state index contributed by atoms with van der Waals surface area (Å²) >= 11 is 1.23. The first-order chi connectivity index (χ1) is 9.25. The summed E-state index contributed by atoms with van der Waals surface area (Å²) in [6.45, 7) is 0.718. The summed E-state index contributed by atoms with van der Waals surface area (Å²) in [6.07, 6.45) is 7.63. The van der Waals surface area contributed by atoms with Gasteiger partial charge in [0.1, 0.15) is 12.4 Å². The molecule has 0 amide bonds. The van der Waals surface area contributed by atoms with Crippen LogP contribution in [0.1, 0.15) is 19.3 Å². The third kappa shape index (κ3) is 2.30. The SMILES string of the molecule is O=C(O)C1CCCCN1c1nc(-n2ccnc2)ns1. The van der Waals surface area contributed by atoms with E-state index in [1.807, 2.05) is 4.90 Å². The van der Waals surface area contributed by atoms with Gasteiger partial charge < -0.3 is 10.0 Å². The molecule has 1 fully saturated rings. The first kappa shape index (κ1) is 12.1. The smallest absolute Gasteiger partial charge is 0.326 e. The Bertz CT molecular complexity index is 567. The average molecular weight is 279 g/mol. The zero-order valence-corrected chi connectivity index (χ0v) is 11.0. The van der Waals surface area contributed by atoms with Gasteiger partial charge in [-0.05, 0) is 19.3 Å². The fraction of sp³-hybridized carbons (Fsp3) is 0.455. The molecule has 1 aliphatic rings. The molecule has 1 N–H and O–H groups in total. The number of hydrogen-bond acceptors (Lipinski definition) is 6. The summed E-state index contributed by atoms with van der Waals surface area (Å²) in [5, 5.41) is 9.92. The summed E-state index contributed by atoms with van der Waals surface area (Å²) < 4.78 is 5.95. The van der Waals surface area contributed by atoms with E-state index in [1.54, 1.807) is 23.3 Å². The highest BCUT2D eigenvalue weighted by atomic mass is 32.1. The van der Waals surface area contributed by atoms with Gasteiger partial charge in [-0.1, -0.05) is 0 Å². The first-order valence-corrected chi connectivity index (χ1v) is 6.84. The standard InChI is InChI=1S/C11H13N5O2S/c17-9(18)8-3-1-2-5-16(8)11-13-10(14-19-11)15-6-4-12-7-15/h4,6-8H,1-3,5H2,(H,17,18). The molecular formula is C11H13N5O2S. The van der Waals surface area contributed by atoms with Gasteiger partial charge in [-0.2, -0.15) is 9.36 Å². The predicted molar refractivity (Wildman–Crippen MR) is 69.7 cm³/mol. The Morgan fingerprint density at radius 3 is 3.11 bits per heavy atom. The highest BCUT2D eigenvalue weighted by molar-refractivity contribution is 7.09. The molecule has 2 aromatic rings. The maximum Gasteiger partial charge on any atom is 0.326 e. The molecule has 0 saturated carbocycles. The van der Waals surface area contributed by atoms with Gasteiger partial charge in [0.2, 0.25) is 11.1 Å². The summed E-state index contributed by atoms with van der Waals surface area (Å²) in [4.78, 5) is 21.5. The Labute approximate surface area is 113 Å². The van der Waals surface area contributed by atoms with Gasteiger partial charge in [0.15, 0.2) is 0 Å². The molecule has 8 heteroatoms. The van der Waals surface area contributed by atoms with Crippen LogP contribution >= 0.6 is 11.5 Å². The second-order valence-electron chi connectivity index (χ2n) is 4.39. The Hall–Kier alpha value is -1.96. The molecule has 1 saturated heterocycles. The van der Waals surface area contributed by atoms with Crippen LogP contribution in [0, 0.1) is 0 Å². The number of aromatic nitrogens is 4. The maximum absolute atomic E-state index is 11.3. The van der Waals surface area contributed by atoms with E-state index in [-0.39, 0.29) is 0 Å². The second kappa shape index (κ2) is 4.96. The quantitative estimate of drug-likeness (QED) is 0.907. The van der Waals surface area contributed by atoms with Crippen LogP contribution in [0.2, 0.25) is 0 Å². The van der Waals surface area contributed by atoms with Gasteiger partial charge in [-0.3, -0.25) is 4.57 Å². The molecule has 3 rings (SSSR count). The molecule has 19 heavy (non-hydrogen) atoms. The number of hydrogen-bond donors (Lipinski definition) is 1. The molecule has 3 heterocycles. The van der Waals surface area contributed by atoms with Crippen molar-refractivity contribution in [2.24, 2.45) is 0 Å². The minimum Gasteiger partial charge on any atom is -0.480 e. The second-order valence-corrected chi connectivity index (χ2v) is 5.12. The summed E-state index contributed by atoms with van der Waals surface area (Å²) in [6, 6.07) is -0.489. The van der Waals surface area contributed by atoms with E-state index in [2.05, 4.69) is 14.3 Å². The fourth-order valence-electron chi connectivity index (χ4n) is 2.22. The van der Waals surface area contributed by atoms with Gasteiger partial charge in [-0.15, -0.1) is 0 Å². The predicted octanol–water partition coefficient (Wildman–Crippen LogP) is 1.17. The molecule has 0 aromatic carbocycles. The number of rotatable bonds is 3. The van der Waals surface area contributed by atoms with Crippen molar-refractivity contribution in [3.8, 4) is 5.95 Å². The zero-order valence-electron chi connectivity index (χ0n) is 10.1. The topological polar surface area (TPSA) is 84.1 Å². The fourth-order valence-corrected chi connectivity index (χ4v) is 2.97. The molecular weight excluding hydrogens is 266 g/mol. The molecule has 0 spiro atoms.